The molecule has 0 aliphatic rings. The molecular weight excluding hydrogens is 448 g/mol. The van der Waals surface area contributed by atoms with E-state index < -0.39 is 0 Å². The molecule has 0 aliphatic carbocycles. The summed E-state index contributed by atoms with van der Waals surface area (Å²) in [5, 5.41) is 8.58. The summed E-state index contributed by atoms with van der Waals surface area (Å²) in [4.78, 5) is 34.0. The Morgan fingerprint density at radius 3 is 2.88 bits per heavy atom. The van der Waals surface area contributed by atoms with Crippen LogP contribution in [-0.2, 0) is 13.1 Å². The molecule has 160 valence electrons. The van der Waals surface area contributed by atoms with Gasteiger partial charge < -0.3 is 5.32 Å². The van der Waals surface area contributed by atoms with Crippen molar-refractivity contribution in [2.75, 3.05) is 6.54 Å². The van der Waals surface area contributed by atoms with Gasteiger partial charge in [-0.25, -0.2) is 14.6 Å². The highest BCUT2D eigenvalue weighted by Gasteiger charge is 2.13. The van der Waals surface area contributed by atoms with E-state index in [0.29, 0.717) is 40.7 Å². The molecule has 3 heterocycles. The summed E-state index contributed by atoms with van der Waals surface area (Å²) < 4.78 is 4.10. The number of rotatable bonds is 6. The number of carbonyl (C=O) groups is 1. The Kier molecular flexibility index (Phi) is 5.42. The number of carbonyl (C=O) groups excluding carboxylic acids is 1. The molecule has 1 N–H and O–H groups in total. The van der Waals surface area contributed by atoms with Crippen LogP contribution in [0, 0.1) is 0 Å². The molecule has 2 aromatic carbocycles. The zero-order valence-corrected chi connectivity index (χ0v) is 18.3. The van der Waals surface area contributed by atoms with Crippen LogP contribution in [0.3, 0.4) is 0 Å². The summed E-state index contributed by atoms with van der Waals surface area (Å²) in [6.45, 7) is 1.08. The lowest BCUT2D eigenvalue weighted by Gasteiger charge is -2.07. The number of nitrogens with zero attached hydrogens (tertiary/aromatic N) is 5. The standard InChI is InChI=1S/C22H17ClN6O2S/c23-15-5-3-4-14(10-15)12-28-13-25-19-16(22(28)31)11-26-29(19)9-8-24-20(30)21-27-17-6-1-2-7-18(17)32-21/h1-7,10-11,13H,8-9,12H2,(H,24,30). The predicted octanol–water partition coefficient (Wildman–Crippen LogP) is 3.33. The van der Waals surface area contributed by atoms with E-state index in [4.69, 9.17) is 11.6 Å². The zero-order chi connectivity index (χ0) is 22.1. The van der Waals surface area contributed by atoms with Crippen LogP contribution in [-0.4, -0.2) is 36.8 Å². The number of para-hydroxylation sites is 1. The molecule has 3 aromatic heterocycles. The third-order valence-corrected chi connectivity index (χ3v) is 6.23. The van der Waals surface area contributed by atoms with Gasteiger partial charge in [0.2, 0.25) is 0 Å². The van der Waals surface area contributed by atoms with Crippen molar-refractivity contribution in [2.24, 2.45) is 0 Å². The number of amides is 1. The lowest BCUT2D eigenvalue weighted by atomic mass is 10.2. The normalized spacial score (nSPS) is 11.3. The maximum absolute atomic E-state index is 12.8. The first-order chi connectivity index (χ1) is 15.6. The second-order valence-electron chi connectivity index (χ2n) is 7.16. The van der Waals surface area contributed by atoms with Crippen molar-refractivity contribution in [1.82, 2.24) is 29.6 Å². The molecule has 0 aliphatic heterocycles. The summed E-state index contributed by atoms with van der Waals surface area (Å²) in [5.74, 6) is -0.237. The summed E-state index contributed by atoms with van der Waals surface area (Å²) in [5.41, 5.74) is 2.01. The number of nitrogens with one attached hydrogen (secondary N) is 1. The highest BCUT2D eigenvalue weighted by Crippen LogP contribution is 2.21. The fourth-order valence-corrected chi connectivity index (χ4v) is 4.52. The van der Waals surface area contributed by atoms with E-state index >= 15 is 0 Å². The van der Waals surface area contributed by atoms with Gasteiger partial charge in [-0.2, -0.15) is 5.10 Å². The minimum Gasteiger partial charge on any atom is -0.348 e. The summed E-state index contributed by atoms with van der Waals surface area (Å²) in [6.07, 6.45) is 3.01. The van der Waals surface area contributed by atoms with Crippen molar-refractivity contribution in [3.05, 3.63) is 87.0 Å². The Morgan fingerprint density at radius 2 is 2.03 bits per heavy atom. The van der Waals surface area contributed by atoms with E-state index in [1.807, 2.05) is 42.5 Å². The van der Waals surface area contributed by atoms with Gasteiger partial charge in [0.1, 0.15) is 11.7 Å². The van der Waals surface area contributed by atoms with Crippen molar-refractivity contribution in [1.29, 1.82) is 0 Å². The molecule has 0 spiro atoms. The number of halogens is 1. The minimum absolute atomic E-state index is 0.181. The minimum atomic E-state index is -0.237. The molecule has 0 saturated heterocycles. The van der Waals surface area contributed by atoms with Crippen LogP contribution in [0.1, 0.15) is 15.4 Å². The van der Waals surface area contributed by atoms with Crippen LogP contribution in [0.5, 0.6) is 0 Å². The third kappa shape index (κ3) is 4.00. The second kappa shape index (κ2) is 8.52. The molecule has 0 atom stereocenters. The Labute approximate surface area is 191 Å². The third-order valence-electron chi connectivity index (χ3n) is 4.96. The molecule has 0 saturated carbocycles. The van der Waals surface area contributed by atoms with E-state index in [2.05, 4.69) is 20.4 Å². The van der Waals surface area contributed by atoms with E-state index in [0.717, 1.165) is 15.8 Å². The lowest BCUT2D eigenvalue weighted by Crippen LogP contribution is -2.27. The van der Waals surface area contributed by atoms with Crippen LogP contribution in [0.15, 0.2) is 65.8 Å². The van der Waals surface area contributed by atoms with Crippen LogP contribution in [0.25, 0.3) is 21.3 Å². The molecule has 5 rings (SSSR count). The van der Waals surface area contributed by atoms with Crippen molar-refractivity contribution in [3.8, 4) is 0 Å². The van der Waals surface area contributed by atoms with Gasteiger partial charge in [0.25, 0.3) is 11.5 Å². The summed E-state index contributed by atoms with van der Waals surface area (Å²) in [6, 6.07) is 15.0. The molecule has 0 radical (unpaired) electrons. The summed E-state index contributed by atoms with van der Waals surface area (Å²) >= 11 is 7.38. The first-order valence-corrected chi connectivity index (χ1v) is 11.1. The molecule has 1 amide bonds. The quantitative estimate of drug-likeness (QED) is 0.416. The molecule has 8 nitrogen and oxygen atoms in total. The smallest absolute Gasteiger partial charge is 0.280 e. The Bertz CT molecular complexity index is 1470. The van der Waals surface area contributed by atoms with Crippen molar-refractivity contribution in [2.45, 2.75) is 13.1 Å². The highest BCUT2D eigenvalue weighted by atomic mass is 35.5. The van der Waals surface area contributed by atoms with E-state index in [9.17, 15) is 9.59 Å². The lowest BCUT2D eigenvalue weighted by molar-refractivity contribution is 0.0952. The van der Waals surface area contributed by atoms with Gasteiger partial charge in [-0.1, -0.05) is 35.9 Å². The zero-order valence-electron chi connectivity index (χ0n) is 16.7. The van der Waals surface area contributed by atoms with Gasteiger partial charge in [-0.05, 0) is 29.8 Å². The summed E-state index contributed by atoms with van der Waals surface area (Å²) in [7, 11) is 0. The van der Waals surface area contributed by atoms with Gasteiger partial charge in [0.15, 0.2) is 10.7 Å². The molecular formula is C22H17ClN6O2S. The predicted molar refractivity (Wildman–Crippen MR) is 124 cm³/mol. The number of fused-ring (bicyclic) bond motifs is 2. The van der Waals surface area contributed by atoms with Crippen molar-refractivity contribution in [3.63, 3.8) is 0 Å². The Balaban J connectivity index is 1.28. The second-order valence-corrected chi connectivity index (χ2v) is 8.62. The van der Waals surface area contributed by atoms with E-state index in [1.165, 1.54) is 28.4 Å². The Hall–Kier alpha value is -3.56. The van der Waals surface area contributed by atoms with E-state index in [1.54, 1.807) is 10.7 Å². The molecule has 0 unspecified atom stereocenters. The van der Waals surface area contributed by atoms with Crippen LogP contribution < -0.4 is 10.9 Å². The largest absolute Gasteiger partial charge is 0.348 e. The van der Waals surface area contributed by atoms with E-state index in [-0.39, 0.29) is 11.5 Å². The van der Waals surface area contributed by atoms with Gasteiger partial charge in [-0.3, -0.25) is 14.2 Å². The molecule has 32 heavy (non-hydrogen) atoms. The fraction of sp³-hybridized carbons (Fsp3) is 0.136. The number of benzene rings is 2. The van der Waals surface area contributed by atoms with Gasteiger partial charge in [0.05, 0.1) is 29.5 Å². The average molecular weight is 465 g/mol. The monoisotopic (exact) mass is 464 g/mol. The maximum atomic E-state index is 12.8. The maximum Gasteiger partial charge on any atom is 0.280 e. The molecule has 0 bridgehead atoms. The average Bonchev–Trinajstić information content (AvgIpc) is 3.40. The van der Waals surface area contributed by atoms with Gasteiger partial charge in [0, 0.05) is 11.6 Å². The topological polar surface area (TPSA) is 94.7 Å². The first kappa shape index (κ1) is 20.3. The Morgan fingerprint density at radius 1 is 1.16 bits per heavy atom. The van der Waals surface area contributed by atoms with Crippen LogP contribution in [0.4, 0.5) is 0 Å². The van der Waals surface area contributed by atoms with Crippen LogP contribution in [0.2, 0.25) is 5.02 Å². The molecule has 10 heteroatoms. The highest BCUT2D eigenvalue weighted by molar-refractivity contribution is 7.20. The van der Waals surface area contributed by atoms with Crippen molar-refractivity contribution >= 4 is 50.1 Å². The van der Waals surface area contributed by atoms with Gasteiger partial charge >= 0.3 is 0 Å². The number of hydrogen-bond acceptors (Lipinski definition) is 6. The number of hydrogen-bond donors (Lipinski definition) is 1. The molecule has 0 fully saturated rings. The number of thiazole rings is 1. The van der Waals surface area contributed by atoms with Crippen molar-refractivity contribution < 1.29 is 4.79 Å². The van der Waals surface area contributed by atoms with Crippen LogP contribution >= 0.6 is 22.9 Å². The first-order valence-electron chi connectivity index (χ1n) is 9.88. The SMILES string of the molecule is O=C(NCCn1ncc2c(=O)n(Cc3cccc(Cl)c3)cnc21)c1nc2ccccc2s1. The van der Waals surface area contributed by atoms with Gasteiger partial charge in [-0.15, -0.1) is 11.3 Å². The number of aromatic nitrogens is 5. The molecule has 5 aromatic rings. The fourth-order valence-electron chi connectivity index (χ4n) is 3.43.